The van der Waals surface area contributed by atoms with E-state index in [1.54, 1.807) is 0 Å². The number of rotatable bonds is 4. The minimum absolute atomic E-state index is 0.0357. The fraction of sp³-hybridized carbons (Fsp3) is 0.900. The Morgan fingerprint density at radius 3 is 2.79 bits per heavy atom. The van der Waals surface area contributed by atoms with Crippen molar-refractivity contribution in [1.82, 2.24) is 5.32 Å². The first kappa shape index (κ1) is 11.5. The van der Waals surface area contributed by atoms with E-state index in [0.717, 1.165) is 26.1 Å². The standard InChI is InChI=1S/C10H19NO3/c1-8(11-10(12)7-13-2)9-3-5-14-6-4-9/h8-9H,3-7H2,1-2H3,(H,11,12). The van der Waals surface area contributed by atoms with Crippen molar-refractivity contribution in [3.8, 4) is 0 Å². The molecule has 1 atom stereocenters. The van der Waals surface area contributed by atoms with Crippen LogP contribution in [0.5, 0.6) is 0 Å². The van der Waals surface area contributed by atoms with Crippen molar-refractivity contribution in [2.45, 2.75) is 25.8 Å². The molecule has 1 unspecified atom stereocenters. The number of hydrogen-bond acceptors (Lipinski definition) is 3. The van der Waals surface area contributed by atoms with Crippen molar-refractivity contribution < 1.29 is 14.3 Å². The summed E-state index contributed by atoms with van der Waals surface area (Å²) in [5, 5.41) is 2.93. The van der Waals surface area contributed by atoms with E-state index < -0.39 is 0 Å². The molecule has 4 heteroatoms. The van der Waals surface area contributed by atoms with Crippen molar-refractivity contribution in [2.24, 2.45) is 5.92 Å². The molecular weight excluding hydrogens is 182 g/mol. The highest BCUT2D eigenvalue weighted by Gasteiger charge is 2.21. The van der Waals surface area contributed by atoms with Crippen LogP contribution in [0.15, 0.2) is 0 Å². The summed E-state index contributed by atoms with van der Waals surface area (Å²) in [6.07, 6.45) is 2.07. The molecule has 0 saturated carbocycles. The van der Waals surface area contributed by atoms with E-state index in [4.69, 9.17) is 9.47 Å². The predicted molar refractivity (Wildman–Crippen MR) is 53.0 cm³/mol. The third-order valence-electron chi connectivity index (χ3n) is 2.64. The number of carbonyl (C=O) groups excluding carboxylic acids is 1. The second-order valence-corrected chi connectivity index (χ2v) is 3.74. The van der Waals surface area contributed by atoms with E-state index in [9.17, 15) is 4.79 Å². The summed E-state index contributed by atoms with van der Waals surface area (Å²) < 4.78 is 10.0. The highest BCUT2D eigenvalue weighted by molar-refractivity contribution is 5.77. The lowest BCUT2D eigenvalue weighted by molar-refractivity contribution is -0.125. The van der Waals surface area contributed by atoms with E-state index in [2.05, 4.69) is 5.32 Å². The van der Waals surface area contributed by atoms with Crippen molar-refractivity contribution >= 4 is 5.91 Å². The van der Waals surface area contributed by atoms with Crippen molar-refractivity contribution in [1.29, 1.82) is 0 Å². The van der Waals surface area contributed by atoms with Crippen LogP contribution in [0.4, 0.5) is 0 Å². The van der Waals surface area contributed by atoms with E-state index in [-0.39, 0.29) is 18.6 Å². The Morgan fingerprint density at radius 2 is 2.21 bits per heavy atom. The number of nitrogens with one attached hydrogen (secondary N) is 1. The van der Waals surface area contributed by atoms with Crippen LogP contribution in [0, 0.1) is 5.92 Å². The third kappa shape index (κ3) is 3.64. The Morgan fingerprint density at radius 1 is 1.57 bits per heavy atom. The topological polar surface area (TPSA) is 47.6 Å². The van der Waals surface area contributed by atoms with Crippen LogP contribution in [0.25, 0.3) is 0 Å². The van der Waals surface area contributed by atoms with Gasteiger partial charge in [0.25, 0.3) is 0 Å². The highest BCUT2D eigenvalue weighted by atomic mass is 16.5. The average Bonchev–Trinajstić information content (AvgIpc) is 2.19. The first-order chi connectivity index (χ1) is 6.74. The van der Waals surface area contributed by atoms with E-state index in [1.165, 1.54) is 7.11 Å². The molecule has 0 aromatic heterocycles. The minimum Gasteiger partial charge on any atom is -0.381 e. The summed E-state index contributed by atoms with van der Waals surface area (Å²) >= 11 is 0. The Balaban J connectivity index is 2.25. The number of ether oxygens (including phenoxy) is 2. The highest BCUT2D eigenvalue weighted by Crippen LogP contribution is 2.18. The molecule has 0 aromatic rings. The molecule has 1 aliphatic heterocycles. The van der Waals surface area contributed by atoms with Gasteiger partial charge < -0.3 is 14.8 Å². The Hall–Kier alpha value is -0.610. The van der Waals surface area contributed by atoms with Crippen molar-refractivity contribution in [3.63, 3.8) is 0 Å². The van der Waals surface area contributed by atoms with Gasteiger partial charge in [-0.1, -0.05) is 0 Å². The Bertz CT molecular complexity index is 178. The van der Waals surface area contributed by atoms with Gasteiger partial charge in [-0.3, -0.25) is 4.79 Å². The van der Waals surface area contributed by atoms with Gasteiger partial charge in [-0.15, -0.1) is 0 Å². The second kappa shape index (κ2) is 5.98. The SMILES string of the molecule is COCC(=O)NC(C)C1CCOCC1. The monoisotopic (exact) mass is 201 g/mol. The number of carbonyl (C=O) groups is 1. The fourth-order valence-electron chi connectivity index (χ4n) is 1.76. The first-order valence-corrected chi connectivity index (χ1v) is 5.10. The molecule has 1 N–H and O–H groups in total. The molecular formula is C10H19NO3. The van der Waals surface area contributed by atoms with Crippen LogP contribution < -0.4 is 5.32 Å². The molecule has 14 heavy (non-hydrogen) atoms. The number of hydrogen-bond donors (Lipinski definition) is 1. The Labute approximate surface area is 85.0 Å². The molecule has 1 heterocycles. The lowest BCUT2D eigenvalue weighted by Gasteiger charge is -2.28. The summed E-state index contributed by atoms with van der Waals surface area (Å²) in [5.74, 6) is 0.510. The molecule has 82 valence electrons. The lowest BCUT2D eigenvalue weighted by atomic mass is 9.93. The predicted octanol–water partition coefficient (Wildman–Crippen LogP) is 0.564. The Kier molecular flexibility index (Phi) is 4.90. The first-order valence-electron chi connectivity index (χ1n) is 5.10. The van der Waals surface area contributed by atoms with Gasteiger partial charge in [0.05, 0.1) is 0 Å². The van der Waals surface area contributed by atoms with Crippen LogP contribution in [0.3, 0.4) is 0 Å². The molecule has 1 aliphatic rings. The van der Waals surface area contributed by atoms with Crippen LogP contribution >= 0.6 is 0 Å². The van der Waals surface area contributed by atoms with Gasteiger partial charge in [0.15, 0.2) is 0 Å². The van der Waals surface area contributed by atoms with E-state index >= 15 is 0 Å². The maximum Gasteiger partial charge on any atom is 0.246 e. The maximum atomic E-state index is 11.2. The molecule has 1 saturated heterocycles. The summed E-state index contributed by atoms with van der Waals surface area (Å²) in [7, 11) is 1.53. The molecule has 4 nitrogen and oxygen atoms in total. The van der Waals surface area contributed by atoms with Gasteiger partial charge in [-0.05, 0) is 25.7 Å². The number of amides is 1. The summed E-state index contributed by atoms with van der Waals surface area (Å²) in [6.45, 7) is 3.82. The largest absolute Gasteiger partial charge is 0.381 e. The smallest absolute Gasteiger partial charge is 0.246 e. The second-order valence-electron chi connectivity index (χ2n) is 3.74. The van der Waals surface area contributed by atoms with Crippen LogP contribution in [-0.2, 0) is 14.3 Å². The van der Waals surface area contributed by atoms with Gasteiger partial charge in [0.1, 0.15) is 6.61 Å². The molecule has 0 spiro atoms. The molecule has 0 radical (unpaired) electrons. The third-order valence-corrected chi connectivity index (χ3v) is 2.64. The van der Waals surface area contributed by atoms with Gasteiger partial charge in [0, 0.05) is 26.4 Å². The van der Waals surface area contributed by atoms with Crippen molar-refractivity contribution in [2.75, 3.05) is 26.9 Å². The molecule has 0 aromatic carbocycles. The molecule has 1 amide bonds. The summed E-state index contributed by atoms with van der Waals surface area (Å²) in [6, 6.07) is 0.224. The zero-order valence-electron chi connectivity index (χ0n) is 8.91. The van der Waals surface area contributed by atoms with Gasteiger partial charge >= 0.3 is 0 Å². The molecule has 1 rings (SSSR count). The van der Waals surface area contributed by atoms with Crippen molar-refractivity contribution in [3.05, 3.63) is 0 Å². The van der Waals surface area contributed by atoms with E-state index in [1.807, 2.05) is 6.92 Å². The number of methoxy groups -OCH3 is 1. The summed E-state index contributed by atoms with van der Waals surface area (Å²) in [5.41, 5.74) is 0. The summed E-state index contributed by atoms with van der Waals surface area (Å²) in [4.78, 5) is 11.2. The normalized spacial score (nSPS) is 20.4. The van der Waals surface area contributed by atoms with Crippen LogP contribution in [-0.4, -0.2) is 38.9 Å². The van der Waals surface area contributed by atoms with Gasteiger partial charge in [-0.25, -0.2) is 0 Å². The zero-order chi connectivity index (χ0) is 10.4. The van der Waals surface area contributed by atoms with E-state index in [0.29, 0.717) is 5.92 Å². The molecule has 0 bridgehead atoms. The van der Waals surface area contributed by atoms with Gasteiger partial charge in [0.2, 0.25) is 5.91 Å². The van der Waals surface area contributed by atoms with Crippen LogP contribution in [0.2, 0.25) is 0 Å². The minimum atomic E-state index is -0.0357. The molecule has 0 aliphatic carbocycles. The zero-order valence-corrected chi connectivity index (χ0v) is 8.91. The lowest BCUT2D eigenvalue weighted by Crippen LogP contribution is -2.41. The van der Waals surface area contributed by atoms with Crippen LogP contribution in [0.1, 0.15) is 19.8 Å². The quantitative estimate of drug-likeness (QED) is 0.723. The fourth-order valence-corrected chi connectivity index (χ4v) is 1.76. The average molecular weight is 201 g/mol. The van der Waals surface area contributed by atoms with Gasteiger partial charge in [-0.2, -0.15) is 0 Å². The molecule has 1 fully saturated rings. The maximum absolute atomic E-state index is 11.2.